The van der Waals surface area contributed by atoms with E-state index in [-0.39, 0.29) is 5.91 Å². The molecule has 0 radical (unpaired) electrons. The topological polar surface area (TPSA) is 29.1 Å². The number of hydrogen-bond acceptors (Lipinski definition) is 2. The van der Waals surface area contributed by atoms with Crippen LogP contribution >= 0.6 is 11.3 Å². The van der Waals surface area contributed by atoms with E-state index in [2.05, 4.69) is 26.1 Å². The number of aryl methyl sites for hydroxylation is 1. The second-order valence-electron chi connectivity index (χ2n) is 3.36. The predicted molar refractivity (Wildman–Crippen MR) is 56.5 cm³/mol. The predicted octanol–water partition coefficient (Wildman–Crippen LogP) is 2.54. The fourth-order valence-electron chi connectivity index (χ4n) is 1.30. The minimum atomic E-state index is 0.0139. The Morgan fingerprint density at radius 2 is 2.15 bits per heavy atom. The molecule has 0 fully saturated rings. The van der Waals surface area contributed by atoms with E-state index in [1.807, 2.05) is 6.07 Å². The highest BCUT2D eigenvalue weighted by atomic mass is 32.1. The maximum Gasteiger partial charge on any atom is 0.261 e. The molecule has 0 spiro atoms. The number of carbonyl (C=O) groups is 1. The lowest BCUT2D eigenvalue weighted by Gasteiger charge is -2.01. The van der Waals surface area contributed by atoms with Gasteiger partial charge in [-0.05, 0) is 24.5 Å². The van der Waals surface area contributed by atoms with Gasteiger partial charge in [-0.15, -0.1) is 11.3 Å². The van der Waals surface area contributed by atoms with Crippen LogP contribution in [0.3, 0.4) is 0 Å². The Kier molecular flexibility index (Phi) is 3.09. The number of amides is 1. The van der Waals surface area contributed by atoms with Gasteiger partial charge in [0.2, 0.25) is 0 Å². The molecule has 0 aliphatic heterocycles. The first kappa shape index (κ1) is 10.3. The van der Waals surface area contributed by atoms with Crippen molar-refractivity contribution in [1.82, 2.24) is 5.32 Å². The second kappa shape index (κ2) is 3.92. The molecule has 1 amide bonds. The van der Waals surface area contributed by atoms with Gasteiger partial charge in [0.1, 0.15) is 0 Å². The van der Waals surface area contributed by atoms with Crippen LogP contribution < -0.4 is 5.32 Å². The van der Waals surface area contributed by atoms with Crippen LogP contribution in [0.25, 0.3) is 0 Å². The van der Waals surface area contributed by atoms with Gasteiger partial charge >= 0.3 is 0 Å². The summed E-state index contributed by atoms with van der Waals surface area (Å²) in [6.45, 7) is 6.35. The summed E-state index contributed by atoms with van der Waals surface area (Å²) in [7, 11) is 1.66. The fourth-order valence-corrected chi connectivity index (χ4v) is 2.43. The summed E-state index contributed by atoms with van der Waals surface area (Å²) in [6.07, 6.45) is 0. The highest BCUT2D eigenvalue weighted by Crippen LogP contribution is 2.27. The van der Waals surface area contributed by atoms with Crippen molar-refractivity contribution in [2.24, 2.45) is 0 Å². The molecule has 0 bridgehead atoms. The van der Waals surface area contributed by atoms with Crippen LogP contribution in [0.4, 0.5) is 0 Å². The molecule has 0 aliphatic carbocycles. The normalized spacial score (nSPS) is 10.5. The molecule has 1 aromatic rings. The minimum Gasteiger partial charge on any atom is -0.354 e. The Hall–Kier alpha value is -0.830. The van der Waals surface area contributed by atoms with E-state index in [4.69, 9.17) is 0 Å². The fraction of sp³-hybridized carbons (Fsp3) is 0.500. The molecule has 1 N–H and O–H groups in total. The van der Waals surface area contributed by atoms with Crippen LogP contribution in [-0.2, 0) is 0 Å². The van der Waals surface area contributed by atoms with Crippen molar-refractivity contribution >= 4 is 17.2 Å². The SMILES string of the molecule is CNC(=O)c1cc(C(C)C)c(C)s1. The molecule has 1 heterocycles. The Labute approximate surface area is 83.0 Å². The highest BCUT2D eigenvalue weighted by molar-refractivity contribution is 7.14. The molecule has 3 heteroatoms. The van der Waals surface area contributed by atoms with Crippen LogP contribution in [0.2, 0.25) is 0 Å². The number of nitrogens with one attached hydrogen (secondary N) is 1. The number of hydrogen-bond donors (Lipinski definition) is 1. The first-order valence-electron chi connectivity index (χ1n) is 4.38. The zero-order valence-corrected chi connectivity index (χ0v) is 9.29. The van der Waals surface area contributed by atoms with Crippen molar-refractivity contribution < 1.29 is 4.79 Å². The van der Waals surface area contributed by atoms with E-state index >= 15 is 0 Å². The molecule has 0 aromatic carbocycles. The van der Waals surface area contributed by atoms with Gasteiger partial charge in [-0.3, -0.25) is 4.79 Å². The average molecular weight is 197 g/mol. The van der Waals surface area contributed by atoms with Crippen molar-refractivity contribution in [3.05, 3.63) is 21.4 Å². The highest BCUT2D eigenvalue weighted by Gasteiger charge is 2.12. The van der Waals surface area contributed by atoms with Crippen LogP contribution in [0, 0.1) is 6.92 Å². The van der Waals surface area contributed by atoms with E-state index in [1.165, 1.54) is 10.4 Å². The van der Waals surface area contributed by atoms with Crippen molar-refractivity contribution in [1.29, 1.82) is 0 Å². The summed E-state index contributed by atoms with van der Waals surface area (Å²) >= 11 is 1.56. The minimum absolute atomic E-state index is 0.0139. The van der Waals surface area contributed by atoms with Gasteiger partial charge in [0, 0.05) is 11.9 Å². The Balaban J connectivity index is 3.02. The van der Waals surface area contributed by atoms with E-state index in [0.29, 0.717) is 5.92 Å². The molecule has 1 rings (SSSR count). The molecule has 0 unspecified atom stereocenters. The van der Waals surface area contributed by atoms with Gasteiger partial charge in [-0.2, -0.15) is 0 Å². The zero-order valence-electron chi connectivity index (χ0n) is 8.47. The summed E-state index contributed by atoms with van der Waals surface area (Å²) in [5.41, 5.74) is 1.28. The molecule has 1 aromatic heterocycles. The van der Waals surface area contributed by atoms with E-state index in [1.54, 1.807) is 18.4 Å². The van der Waals surface area contributed by atoms with Gasteiger partial charge in [0.15, 0.2) is 0 Å². The summed E-state index contributed by atoms with van der Waals surface area (Å²) in [5.74, 6) is 0.509. The Morgan fingerprint density at radius 3 is 2.54 bits per heavy atom. The molecule has 72 valence electrons. The first-order valence-corrected chi connectivity index (χ1v) is 5.20. The maximum absolute atomic E-state index is 11.3. The van der Waals surface area contributed by atoms with Crippen LogP contribution in [-0.4, -0.2) is 13.0 Å². The van der Waals surface area contributed by atoms with Gasteiger partial charge < -0.3 is 5.32 Å². The number of carbonyl (C=O) groups excluding carboxylic acids is 1. The van der Waals surface area contributed by atoms with Crippen molar-refractivity contribution in [3.8, 4) is 0 Å². The maximum atomic E-state index is 11.3. The van der Waals surface area contributed by atoms with Crippen molar-refractivity contribution in [2.75, 3.05) is 7.05 Å². The summed E-state index contributed by atoms with van der Waals surface area (Å²) in [4.78, 5) is 13.4. The van der Waals surface area contributed by atoms with Crippen LogP contribution in [0.5, 0.6) is 0 Å². The molecular weight excluding hydrogens is 182 g/mol. The molecule has 2 nitrogen and oxygen atoms in total. The Bertz CT molecular complexity index is 315. The number of rotatable bonds is 2. The first-order chi connectivity index (χ1) is 6.06. The molecule has 0 atom stereocenters. The third-order valence-electron chi connectivity index (χ3n) is 2.03. The van der Waals surface area contributed by atoms with Crippen LogP contribution in [0.1, 0.15) is 39.9 Å². The number of thiophene rings is 1. The Morgan fingerprint density at radius 1 is 1.54 bits per heavy atom. The lowest BCUT2D eigenvalue weighted by molar-refractivity contribution is 0.0967. The second-order valence-corrected chi connectivity index (χ2v) is 4.61. The molecule has 0 aliphatic rings. The lowest BCUT2D eigenvalue weighted by Crippen LogP contribution is -2.16. The third-order valence-corrected chi connectivity index (χ3v) is 3.09. The van der Waals surface area contributed by atoms with Gasteiger partial charge in [0.25, 0.3) is 5.91 Å². The van der Waals surface area contributed by atoms with Crippen molar-refractivity contribution in [2.45, 2.75) is 26.7 Å². The quantitative estimate of drug-likeness (QED) is 0.775. The van der Waals surface area contributed by atoms with Gasteiger partial charge in [-0.25, -0.2) is 0 Å². The van der Waals surface area contributed by atoms with Gasteiger partial charge in [0.05, 0.1) is 4.88 Å². The average Bonchev–Trinajstić information content (AvgIpc) is 2.46. The van der Waals surface area contributed by atoms with E-state index < -0.39 is 0 Å². The summed E-state index contributed by atoms with van der Waals surface area (Å²) in [6, 6.07) is 1.99. The van der Waals surface area contributed by atoms with Crippen LogP contribution in [0.15, 0.2) is 6.07 Å². The van der Waals surface area contributed by atoms with E-state index in [0.717, 1.165) is 4.88 Å². The summed E-state index contributed by atoms with van der Waals surface area (Å²) in [5, 5.41) is 2.63. The summed E-state index contributed by atoms with van der Waals surface area (Å²) < 4.78 is 0. The molecule has 0 saturated carbocycles. The molecular formula is C10H15NOS. The molecule has 13 heavy (non-hydrogen) atoms. The lowest BCUT2D eigenvalue weighted by atomic mass is 10.0. The third kappa shape index (κ3) is 2.10. The smallest absolute Gasteiger partial charge is 0.261 e. The standard InChI is InChI=1S/C10H15NOS/c1-6(2)8-5-9(10(12)11-4)13-7(8)3/h5-6H,1-4H3,(H,11,12). The van der Waals surface area contributed by atoms with E-state index in [9.17, 15) is 4.79 Å². The largest absolute Gasteiger partial charge is 0.354 e. The molecule has 0 saturated heterocycles. The van der Waals surface area contributed by atoms with Gasteiger partial charge in [-0.1, -0.05) is 13.8 Å². The zero-order chi connectivity index (χ0) is 10.0. The monoisotopic (exact) mass is 197 g/mol. The van der Waals surface area contributed by atoms with Crippen molar-refractivity contribution in [3.63, 3.8) is 0 Å².